The normalized spacial score (nSPS) is 15.7. The second kappa shape index (κ2) is 10.9. The van der Waals surface area contributed by atoms with E-state index in [1.54, 1.807) is 10.7 Å². The summed E-state index contributed by atoms with van der Waals surface area (Å²) in [6, 6.07) is 59.3. The third kappa shape index (κ3) is 3.85. The molecule has 2 aliphatic heterocycles. The van der Waals surface area contributed by atoms with Crippen LogP contribution in [0.1, 0.15) is 12.8 Å². The van der Waals surface area contributed by atoms with Gasteiger partial charge in [-0.25, -0.2) is 0 Å². The van der Waals surface area contributed by atoms with Gasteiger partial charge in [-0.15, -0.1) is 11.3 Å². The Labute approximate surface area is 287 Å². The number of thiophene rings is 1. The van der Waals surface area contributed by atoms with E-state index in [2.05, 4.69) is 175 Å². The topological polar surface area (TPSA) is 3.24 Å². The average molecular weight is 646 g/mol. The third-order valence-corrected chi connectivity index (χ3v) is 16.9. The van der Waals surface area contributed by atoms with Crippen LogP contribution in [-0.4, -0.2) is 14.8 Å². The van der Waals surface area contributed by atoms with Crippen LogP contribution < -0.4 is 31.4 Å². The van der Waals surface area contributed by atoms with E-state index in [0.29, 0.717) is 0 Å². The minimum Gasteiger partial charge on any atom is -0.309 e. The van der Waals surface area contributed by atoms with Gasteiger partial charge in [0.1, 0.15) is 0 Å². The number of anilines is 3. The standard InChI is InChI=1S/C44H32BNSSi/c1-4-17-31(18-5-1)44-43(34-23-10-14-28-39(34)47-44)46-37-26-13-11-24-35(37)45-36-25-12-15-29-40(36)48(32-19-6-2-7-20-32,33-21-8-3-9-22-33)41-30-16-27-38(46)42(41)45/h1-11,13-24,26-30H,12,25H2. The lowest BCUT2D eigenvalue weighted by Crippen LogP contribution is -2.78. The number of nitrogens with zero attached hydrogens (tertiary/aromatic N) is 1. The van der Waals surface area contributed by atoms with Crippen LogP contribution in [0.2, 0.25) is 0 Å². The molecule has 0 fully saturated rings. The van der Waals surface area contributed by atoms with E-state index in [4.69, 9.17) is 0 Å². The monoisotopic (exact) mass is 645 g/mol. The van der Waals surface area contributed by atoms with Gasteiger partial charge >= 0.3 is 0 Å². The van der Waals surface area contributed by atoms with Crippen molar-refractivity contribution in [1.29, 1.82) is 0 Å². The molecular formula is C44H32BNSSi. The number of fused-ring (bicyclic) bond motifs is 4. The van der Waals surface area contributed by atoms with Crippen molar-refractivity contribution in [3.8, 4) is 10.4 Å². The lowest BCUT2D eigenvalue weighted by Gasteiger charge is -2.48. The maximum absolute atomic E-state index is 2.67. The molecule has 0 N–H and O–H groups in total. The van der Waals surface area contributed by atoms with Gasteiger partial charge in [-0.05, 0) is 63.1 Å². The van der Waals surface area contributed by atoms with Crippen molar-refractivity contribution < 1.29 is 0 Å². The van der Waals surface area contributed by atoms with E-state index in [9.17, 15) is 0 Å². The maximum atomic E-state index is 2.63. The molecule has 0 unspecified atom stereocenters. The summed E-state index contributed by atoms with van der Waals surface area (Å²) in [7, 11) is -2.67. The van der Waals surface area contributed by atoms with Crippen molar-refractivity contribution in [3.05, 3.63) is 181 Å². The molecule has 3 heterocycles. The minimum atomic E-state index is -2.67. The Balaban J connectivity index is 1.36. The van der Waals surface area contributed by atoms with E-state index in [1.807, 2.05) is 11.3 Å². The number of para-hydroxylation sites is 1. The minimum absolute atomic E-state index is 0.224. The summed E-state index contributed by atoms with van der Waals surface area (Å²) in [5, 5.41) is 7.32. The molecule has 48 heavy (non-hydrogen) atoms. The van der Waals surface area contributed by atoms with Gasteiger partial charge in [-0.3, -0.25) is 0 Å². The number of hydrogen-bond donors (Lipinski definition) is 0. The summed E-state index contributed by atoms with van der Waals surface area (Å²) in [6.45, 7) is 0.224. The quantitative estimate of drug-likeness (QED) is 0.175. The molecule has 226 valence electrons. The predicted molar refractivity (Wildman–Crippen MR) is 210 cm³/mol. The Bertz CT molecular complexity index is 2370. The highest BCUT2D eigenvalue weighted by Crippen LogP contribution is 2.51. The zero-order valence-electron chi connectivity index (χ0n) is 26.5. The predicted octanol–water partition coefficient (Wildman–Crippen LogP) is 8.17. The molecule has 0 radical (unpaired) electrons. The first-order valence-electron chi connectivity index (χ1n) is 17.0. The Morgan fingerprint density at radius 1 is 0.604 bits per heavy atom. The maximum Gasteiger partial charge on any atom is 0.242 e. The summed E-state index contributed by atoms with van der Waals surface area (Å²) < 4.78 is 1.32. The van der Waals surface area contributed by atoms with Gasteiger partial charge < -0.3 is 4.90 Å². The molecule has 0 bridgehead atoms. The lowest BCUT2D eigenvalue weighted by atomic mass is 9.33. The van der Waals surface area contributed by atoms with Gasteiger partial charge in [0.25, 0.3) is 0 Å². The first-order valence-corrected chi connectivity index (χ1v) is 19.8. The summed E-state index contributed by atoms with van der Waals surface area (Å²) >= 11 is 1.91. The van der Waals surface area contributed by atoms with Crippen molar-refractivity contribution in [2.45, 2.75) is 12.8 Å². The molecule has 1 aromatic heterocycles. The van der Waals surface area contributed by atoms with E-state index in [1.165, 1.54) is 64.1 Å². The molecule has 0 saturated carbocycles. The zero-order valence-corrected chi connectivity index (χ0v) is 28.3. The summed E-state index contributed by atoms with van der Waals surface area (Å²) in [5.41, 5.74) is 9.69. The van der Waals surface area contributed by atoms with Gasteiger partial charge in [-0.1, -0.05) is 162 Å². The molecule has 6 aromatic carbocycles. The first kappa shape index (κ1) is 27.9. The Hall–Kier alpha value is -5.16. The van der Waals surface area contributed by atoms with E-state index in [0.717, 1.165) is 12.8 Å². The van der Waals surface area contributed by atoms with Crippen molar-refractivity contribution in [1.82, 2.24) is 0 Å². The molecule has 0 atom stereocenters. The molecule has 10 rings (SSSR count). The summed E-state index contributed by atoms with van der Waals surface area (Å²) in [6.07, 6.45) is 7.13. The molecule has 1 aliphatic carbocycles. The van der Waals surface area contributed by atoms with E-state index in [-0.39, 0.29) is 6.71 Å². The van der Waals surface area contributed by atoms with Gasteiger partial charge in [0.15, 0.2) is 8.07 Å². The third-order valence-electron chi connectivity index (χ3n) is 10.7. The van der Waals surface area contributed by atoms with Crippen LogP contribution in [0.15, 0.2) is 181 Å². The number of rotatable bonds is 4. The second-order valence-electron chi connectivity index (χ2n) is 13.1. The molecule has 0 amide bonds. The van der Waals surface area contributed by atoms with Crippen molar-refractivity contribution >= 4 is 79.8 Å². The molecule has 4 heteroatoms. The van der Waals surface area contributed by atoms with Gasteiger partial charge in [0.2, 0.25) is 6.71 Å². The highest BCUT2D eigenvalue weighted by molar-refractivity contribution is 7.23. The number of benzene rings is 6. The van der Waals surface area contributed by atoms with Gasteiger partial charge in [0.05, 0.1) is 10.6 Å². The van der Waals surface area contributed by atoms with Crippen LogP contribution in [0.3, 0.4) is 0 Å². The number of allylic oxidation sites excluding steroid dienone is 4. The fourth-order valence-electron chi connectivity index (χ4n) is 8.90. The van der Waals surface area contributed by atoms with Gasteiger partial charge in [0, 0.05) is 21.5 Å². The number of hydrogen-bond acceptors (Lipinski definition) is 2. The molecule has 0 spiro atoms. The first-order chi connectivity index (χ1) is 23.9. The Morgan fingerprint density at radius 2 is 1.25 bits per heavy atom. The molecular weight excluding hydrogens is 613 g/mol. The Morgan fingerprint density at radius 3 is 2.02 bits per heavy atom. The zero-order chi connectivity index (χ0) is 31.7. The molecule has 1 nitrogen and oxygen atoms in total. The van der Waals surface area contributed by atoms with Crippen LogP contribution in [-0.2, 0) is 0 Å². The van der Waals surface area contributed by atoms with Crippen LogP contribution >= 0.6 is 11.3 Å². The fraction of sp³-hybridized carbons (Fsp3) is 0.0455. The second-order valence-corrected chi connectivity index (χ2v) is 17.9. The molecule has 7 aromatic rings. The van der Waals surface area contributed by atoms with Gasteiger partial charge in [-0.2, -0.15) is 0 Å². The van der Waals surface area contributed by atoms with Crippen molar-refractivity contribution in [2.24, 2.45) is 0 Å². The molecule has 0 saturated heterocycles. The van der Waals surface area contributed by atoms with Crippen LogP contribution in [0.4, 0.5) is 17.1 Å². The van der Waals surface area contributed by atoms with Crippen molar-refractivity contribution in [3.63, 3.8) is 0 Å². The van der Waals surface area contributed by atoms with Crippen LogP contribution in [0.5, 0.6) is 0 Å². The Kier molecular flexibility index (Phi) is 6.37. The van der Waals surface area contributed by atoms with Crippen molar-refractivity contribution in [2.75, 3.05) is 4.90 Å². The highest BCUT2D eigenvalue weighted by atomic mass is 32.1. The van der Waals surface area contributed by atoms with E-state index >= 15 is 0 Å². The SMILES string of the molecule is C1=CC2=C(CC1)B1c3ccccc3N(c3c(-c4ccccc4)sc4ccccc34)c3cccc(c31)[Si]2(c1ccccc1)c1ccccc1. The van der Waals surface area contributed by atoms with Crippen LogP contribution in [0.25, 0.3) is 20.5 Å². The molecule has 3 aliphatic rings. The lowest BCUT2D eigenvalue weighted by molar-refractivity contribution is 1.00. The largest absolute Gasteiger partial charge is 0.309 e. The fourth-order valence-corrected chi connectivity index (χ4v) is 15.5. The smallest absolute Gasteiger partial charge is 0.242 e. The average Bonchev–Trinajstić information content (AvgIpc) is 3.55. The van der Waals surface area contributed by atoms with E-state index < -0.39 is 8.07 Å². The summed E-state index contributed by atoms with van der Waals surface area (Å²) in [5.74, 6) is 0. The highest BCUT2D eigenvalue weighted by Gasteiger charge is 2.53. The van der Waals surface area contributed by atoms with Crippen LogP contribution in [0, 0.1) is 0 Å². The summed E-state index contributed by atoms with van der Waals surface area (Å²) in [4.78, 5) is 3.94.